The zero-order chi connectivity index (χ0) is 15.6. The van der Waals surface area contributed by atoms with Crippen molar-refractivity contribution < 1.29 is 14.8 Å². The lowest BCUT2D eigenvalue weighted by Gasteiger charge is -2.10. The zero-order valence-electron chi connectivity index (χ0n) is 10.3. The van der Waals surface area contributed by atoms with Gasteiger partial charge in [0.2, 0.25) is 0 Å². The van der Waals surface area contributed by atoms with Gasteiger partial charge in [0.15, 0.2) is 0 Å². The van der Waals surface area contributed by atoms with E-state index in [0.717, 1.165) is 4.47 Å². The molecule has 0 aromatic heterocycles. The van der Waals surface area contributed by atoms with Gasteiger partial charge in [-0.05, 0) is 30.3 Å². The number of para-hydroxylation sites is 1. The molecule has 21 heavy (non-hydrogen) atoms. The van der Waals surface area contributed by atoms with Crippen LogP contribution in [0.3, 0.4) is 0 Å². The van der Waals surface area contributed by atoms with Crippen LogP contribution in [-0.2, 0) is 0 Å². The molecular formula is C13H8BrClN2O4. The Morgan fingerprint density at radius 1 is 1.29 bits per heavy atom. The Morgan fingerprint density at radius 2 is 2.00 bits per heavy atom. The third-order valence-corrected chi connectivity index (χ3v) is 3.47. The van der Waals surface area contributed by atoms with E-state index in [1.807, 2.05) is 0 Å². The highest BCUT2D eigenvalue weighted by atomic mass is 79.9. The van der Waals surface area contributed by atoms with Crippen LogP contribution in [0.15, 0.2) is 40.9 Å². The summed E-state index contributed by atoms with van der Waals surface area (Å²) in [4.78, 5) is 21.5. The fourth-order valence-electron chi connectivity index (χ4n) is 1.75. The van der Waals surface area contributed by atoms with Crippen molar-refractivity contribution in [1.29, 1.82) is 0 Å². The first kappa shape index (κ1) is 15.3. The van der Waals surface area contributed by atoms with Crippen molar-refractivity contribution in [1.82, 2.24) is 0 Å². The molecule has 0 fully saturated rings. The van der Waals surface area contributed by atoms with Crippen molar-refractivity contribution in [2.24, 2.45) is 0 Å². The summed E-state index contributed by atoms with van der Waals surface area (Å²) < 4.78 is 0.728. The largest absolute Gasteiger partial charge is 0.477 e. The number of nitrogens with zero attached hydrogens (tertiary/aromatic N) is 1. The number of carboxylic acid groups (broad SMARTS) is 1. The molecule has 0 aliphatic carbocycles. The minimum atomic E-state index is -1.37. The molecule has 0 bridgehead atoms. The Labute approximate surface area is 132 Å². The van der Waals surface area contributed by atoms with Crippen LogP contribution in [0.4, 0.5) is 17.1 Å². The van der Waals surface area contributed by atoms with Crippen molar-refractivity contribution in [2.45, 2.75) is 0 Å². The van der Waals surface area contributed by atoms with Gasteiger partial charge in [-0.3, -0.25) is 10.1 Å². The van der Waals surface area contributed by atoms with Crippen LogP contribution in [0.25, 0.3) is 0 Å². The number of nitrogens with one attached hydrogen (secondary N) is 1. The summed E-state index contributed by atoms with van der Waals surface area (Å²) in [6.07, 6.45) is 0. The zero-order valence-corrected chi connectivity index (χ0v) is 12.7. The van der Waals surface area contributed by atoms with Crippen molar-refractivity contribution in [3.8, 4) is 0 Å². The van der Waals surface area contributed by atoms with E-state index in [2.05, 4.69) is 21.2 Å². The first-order valence-electron chi connectivity index (χ1n) is 5.63. The highest BCUT2D eigenvalue weighted by Crippen LogP contribution is 2.34. The predicted octanol–water partition coefficient (Wildman–Crippen LogP) is 4.45. The maximum Gasteiger partial charge on any atom is 0.342 e. The topological polar surface area (TPSA) is 92.5 Å². The van der Waals surface area contributed by atoms with Crippen LogP contribution in [0.2, 0.25) is 5.02 Å². The molecule has 0 aliphatic heterocycles. The first-order valence-corrected chi connectivity index (χ1v) is 6.80. The fourth-order valence-corrected chi connectivity index (χ4v) is 2.28. The molecule has 2 aromatic carbocycles. The molecular weight excluding hydrogens is 364 g/mol. The molecule has 2 aromatic rings. The molecule has 0 radical (unpaired) electrons. The molecule has 108 valence electrons. The molecule has 0 amide bonds. The molecule has 0 heterocycles. The van der Waals surface area contributed by atoms with E-state index in [4.69, 9.17) is 16.7 Å². The van der Waals surface area contributed by atoms with Gasteiger partial charge in [0.1, 0.15) is 11.3 Å². The lowest BCUT2D eigenvalue weighted by Crippen LogP contribution is -2.05. The lowest BCUT2D eigenvalue weighted by molar-refractivity contribution is -0.384. The number of aromatic carboxylic acids is 1. The van der Waals surface area contributed by atoms with Crippen LogP contribution in [0.1, 0.15) is 10.4 Å². The van der Waals surface area contributed by atoms with E-state index in [0.29, 0.717) is 10.7 Å². The Kier molecular flexibility index (Phi) is 4.44. The highest BCUT2D eigenvalue weighted by Gasteiger charge is 2.24. The van der Waals surface area contributed by atoms with Gasteiger partial charge < -0.3 is 10.4 Å². The second-order valence-electron chi connectivity index (χ2n) is 4.01. The number of benzene rings is 2. The van der Waals surface area contributed by atoms with E-state index in [9.17, 15) is 14.9 Å². The van der Waals surface area contributed by atoms with Crippen molar-refractivity contribution >= 4 is 50.6 Å². The number of anilines is 2. The minimum Gasteiger partial charge on any atom is -0.477 e. The van der Waals surface area contributed by atoms with E-state index in [1.165, 1.54) is 18.2 Å². The molecule has 6 nitrogen and oxygen atoms in total. The smallest absolute Gasteiger partial charge is 0.342 e. The van der Waals surface area contributed by atoms with Crippen LogP contribution in [0.5, 0.6) is 0 Å². The van der Waals surface area contributed by atoms with Crippen molar-refractivity contribution in [2.75, 3.05) is 5.32 Å². The molecule has 0 saturated carbocycles. The Bertz CT molecular complexity index is 736. The van der Waals surface area contributed by atoms with Gasteiger partial charge in [-0.25, -0.2) is 4.79 Å². The molecule has 8 heteroatoms. The van der Waals surface area contributed by atoms with Crippen molar-refractivity contribution in [3.05, 3.63) is 61.6 Å². The quantitative estimate of drug-likeness (QED) is 0.612. The number of rotatable bonds is 4. The summed E-state index contributed by atoms with van der Waals surface area (Å²) in [5, 5.41) is 23.3. The number of carboxylic acids is 1. The van der Waals surface area contributed by atoms with Crippen LogP contribution in [0, 0.1) is 10.1 Å². The van der Waals surface area contributed by atoms with Gasteiger partial charge in [-0.15, -0.1) is 0 Å². The molecule has 2 N–H and O–H groups in total. The second-order valence-corrected chi connectivity index (χ2v) is 5.34. The average molecular weight is 372 g/mol. The normalized spacial score (nSPS) is 10.2. The first-order chi connectivity index (χ1) is 9.90. The van der Waals surface area contributed by atoms with Gasteiger partial charge >= 0.3 is 11.7 Å². The summed E-state index contributed by atoms with van der Waals surface area (Å²) in [6.45, 7) is 0. The van der Waals surface area contributed by atoms with Gasteiger partial charge in [0.25, 0.3) is 0 Å². The van der Waals surface area contributed by atoms with Crippen LogP contribution in [-0.4, -0.2) is 16.0 Å². The molecule has 0 atom stereocenters. The summed E-state index contributed by atoms with van der Waals surface area (Å²) >= 11 is 9.28. The number of halogens is 2. The van der Waals surface area contributed by atoms with E-state index in [1.54, 1.807) is 18.2 Å². The summed E-state index contributed by atoms with van der Waals surface area (Å²) in [5.41, 5.74) is -0.422. The van der Waals surface area contributed by atoms with Gasteiger partial charge in [-0.1, -0.05) is 33.6 Å². The Hall–Kier alpha value is -2.12. The monoisotopic (exact) mass is 370 g/mol. The maximum absolute atomic E-state index is 11.1. The molecule has 0 aliphatic rings. The second kappa shape index (κ2) is 6.11. The molecule has 2 rings (SSSR count). The Morgan fingerprint density at radius 3 is 2.62 bits per heavy atom. The number of nitro groups is 1. The molecule has 0 unspecified atom stereocenters. The minimum absolute atomic E-state index is 0.0555. The summed E-state index contributed by atoms with van der Waals surface area (Å²) in [5.74, 6) is -1.37. The average Bonchev–Trinajstić information content (AvgIpc) is 2.42. The lowest BCUT2D eigenvalue weighted by atomic mass is 10.1. The van der Waals surface area contributed by atoms with E-state index < -0.39 is 22.1 Å². The van der Waals surface area contributed by atoms with E-state index >= 15 is 0 Å². The SMILES string of the molecule is O=C(O)c1cccc(Nc2cc(Br)ccc2Cl)c1[N+](=O)[O-]. The van der Waals surface area contributed by atoms with Gasteiger partial charge in [0.05, 0.1) is 15.6 Å². The van der Waals surface area contributed by atoms with Crippen LogP contribution < -0.4 is 5.32 Å². The van der Waals surface area contributed by atoms with E-state index in [-0.39, 0.29) is 5.69 Å². The fraction of sp³-hybridized carbons (Fsp3) is 0. The van der Waals surface area contributed by atoms with Crippen LogP contribution >= 0.6 is 27.5 Å². The summed E-state index contributed by atoms with van der Waals surface area (Å²) in [7, 11) is 0. The number of nitro benzene ring substituents is 1. The van der Waals surface area contributed by atoms with Gasteiger partial charge in [0, 0.05) is 4.47 Å². The van der Waals surface area contributed by atoms with Crippen molar-refractivity contribution in [3.63, 3.8) is 0 Å². The predicted molar refractivity (Wildman–Crippen MR) is 82.5 cm³/mol. The number of carbonyl (C=O) groups is 1. The molecule has 0 saturated heterocycles. The molecule has 0 spiro atoms. The summed E-state index contributed by atoms with van der Waals surface area (Å²) in [6, 6.07) is 8.98. The highest BCUT2D eigenvalue weighted by molar-refractivity contribution is 9.10. The number of hydrogen-bond donors (Lipinski definition) is 2. The maximum atomic E-state index is 11.1. The standard InChI is InChI=1S/C13H8BrClN2O4/c14-7-4-5-9(15)11(6-7)16-10-3-1-2-8(13(18)19)12(10)17(20)21/h1-6,16H,(H,18,19). The third kappa shape index (κ3) is 3.32. The third-order valence-electron chi connectivity index (χ3n) is 2.65. The number of hydrogen-bond acceptors (Lipinski definition) is 4. The van der Waals surface area contributed by atoms with Gasteiger partial charge in [-0.2, -0.15) is 0 Å². The Balaban J connectivity index is 2.54.